The second-order valence-electron chi connectivity index (χ2n) is 6.77. The third-order valence-electron chi connectivity index (χ3n) is 5.13. The van der Waals surface area contributed by atoms with E-state index in [0.29, 0.717) is 12.1 Å². The van der Waals surface area contributed by atoms with Crippen molar-refractivity contribution < 1.29 is 4.79 Å². The maximum Gasteiger partial charge on any atom is 0.254 e. The molecule has 1 aromatic carbocycles. The van der Waals surface area contributed by atoms with Crippen LogP contribution in [0.3, 0.4) is 0 Å². The van der Waals surface area contributed by atoms with Crippen LogP contribution in [0.2, 0.25) is 0 Å². The van der Waals surface area contributed by atoms with Gasteiger partial charge in [0.1, 0.15) is 0 Å². The van der Waals surface area contributed by atoms with Crippen LogP contribution in [-0.4, -0.2) is 35.7 Å². The number of anilines is 1. The predicted octanol–water partition coefficient (Wildman–Crippen LogP) is 2.71. The van der Waals surface area contributed by atoms with Crippen molar-refractivity contribution in [2.75, 3.05) is 5.73 Å². The van der Waals surface area contributed by atoms with Crippen LogP contribution in [-0.2, 0) is 6.54 Å². The second-order valence-corrected chi connectivity index (χ2v) is 6.77. The van der Waals surface area contributed by atoms with Crippen LogP contribution < -0.4 is 5.73 Å². The van der Waals surface area contributed by atoms with Gasteiger partial charge in [-0.05, 0) is 37.3 Å². The van der Waals surface area contributed by atoms with E-state index in [9.17, 15) is 4.79 Å². The number of nitrogens with one attached hydrogen (secondary N) is 1. The van der Waals surface area contributed by atoms with E-state index in [2.05, 4.69) is 24.9 Å². The van der Waals surface area contributed by atoms with Gasteiger partial charge in [0, 0.05) is 29.1 Å². The van der Waals surface area contributed by atoms with E-state index in [0.717, 1.165) is 33.5 Å². The van der Waals surface area contributed by atoms with Crippen molar-refractivity contribution in [2.45, 2.75) is 19.5 Å². The topological polar surface area (TPSA) is 114 Å². The highest BCUT2D eigenvalue weighted by Crippen LogP contribution is 2.38. The van der Waals surface area contributed by atoms with Gasteiger partial charge in [-0.2, -0.15) is 0 Å². The highest BCUT2D eigenvalue weighted by molar-refractivity contribution is 5.98. The Balaban J connectivity index is 1.55. The lowest BCUT2D eigenvalue weighted by Gasteiger charge is -2.21. The molecule has 0 radical (unpaired) electrons. The number of imidazole rings is 1. The molecule has 1 aliphatic rings. The summed E-state index contributed by atoms with van der Waals surface area (Å²) in [6.07, 6.45) is 5.04. The van der Waals surface area contributed by atoms with Crippen molar-refractivity contribution in [3.05, 3.63) is 65.9 Å². The maximum absolute atomic E-state index is 13.2. The third kappa shape index (κ3) is 2.50. The number of benzene rings is 1. The summed E-state index contributed by atoms with van der Waals surface area (Å²) in [7, 11) is 0. The summed E-state index contributed by atoms with van der Waals surface area (Å²) < 4.78 is 0. The first-order valence-corrected chi connectivity index (χ1v) is 8.92. The molecule has 3 N–H and O–H groups in total. The quantitative estimate of drug-likeness (QED) is 0.560. The first-order valence-electron chi connectivity index (χ1n) is 8.92. The molecule has 8 heteroatoms. The van der Waals surface area contributed by atoms with Crippen LogP contribution >= 0.6 is 0 Å². The van der Waals surface area contributed by atoms with Gasteiger partial charge in [0.05, 0.1) is 41.3 Å². The van der Waals surface area contributed by atoms with Gasteiger partial charge in [0.15, 0.2) is 0 Å². The van der Waals surface area contributed by atoms with Gasteiger partial charge < -0.3 is 15.6 Å². The summed E-state index contributed by atoms with van der Waals surface area (Å²) in [5, 5.41) is 0. The van der Waals surface area contributed by atoms with E-state index in [4.69, 9.17) is 5.73 Å². The number of nitrogen functional groups attached to an aromatic ring is 1. The fourth-order valence-electron chi connectivity index (χ4n) is 3.71. The Morgan fingerprint density at radius 2 is 2.04 bits per heavy atom. The highest BCUT2D eigenvalue weighted by Gasteiger charge is 2.35. The van der Waals surface area contributed by atoms with Gasteiger partial charge in [-0.25, -0.2) is 15.0 Å². The Hall–Kier alpha value is -3.81. The number of aromatic amines is 1. The smallest absolute Gasteiger partial charge is 0.254 e. The number of H-pyrrole nitrogens is 1. The van der Waals surface area contributed by atoms with Crippen molar-refractivity contribution in [1.82, 2.24) is 29.8 Å². The number of carbonyl (C=O) groups excluding carboxylic acids is 1. The number of hydrogen-bond acceptors (Lipinski definition) is 6. The first kappa shape index (κ1) is 16.4. The van der Waals surface area contributed by atoms with Gasteiger partial charge in [-0.3, -0.25) is 9.78 Å². The van der Waals surface area contributed by atoms with Gasteiger partial charge >= 0.3 is 0 Å². The van der Waals surface area contributed by atoms with E-state index in [1.165, 1.54) is 0 Å². The van der Waals surface area contributed by atoms with Crippen molar-refractivity contribution in [3.8, 4) is 11.3 Å². The lowest BCUT2D eigenvalue weighted by molar-refractivity contribution is 0.0703. The molecule has 0 fully saturated rings. The molecule has 1 atom stereocenters. The molecule has 1 amide bonds. The van der Waals surface area contributed by atoms with Gasteiger partial charge in [0.2, 0.25) is 5.95 Å². The molecule has 0 spiro atoms. The zero-order valence-corrected chi connectivity index (χ0v) is 15.1. The van der Waals surface area contributed by atoms with Crippen molar-refractivity contribution in [1.29, 1.82) is 0 Å². The molecule has 0 saturated carbocycles. The maximum atomic E-state index is 13.2. The van der Waals surface area contributed by atoms with E-state index in [1.807, 2.05) is 31.2 Å². The summed E-state index contributed by atoms with van der Waals surface area (Å²) in [5.74, 6) is 0.131. The largest absolute Gasteiger partial charge is 0.368 e. The molecule has 4 heterocycles. The minimum absolute atomic E-state index is 0.0683. The molecule has 5 rings (SSSR count). The summed E-state index contributed by atoms with van der Waals surface area (Å²) in [6.45, 7) is 2.38. The summed E-state index contributed by atoms with van der Waals surface area (Å²) in [5.41, 5.74) is 11.6. The second kappa shape index (κ2) is 6.12. The average Bonchev–Trinajstić information content (AvgIpc) is 3.32. The Bertz CT molecular complexity index is 1200. The average molecular weight is 371 g/mol. The number of rotatable bonds is 2. The Kier molecular flexibility index (Phi) is 3.58. The molecular formula is C20H17N7O. The molecular weight excluding hydrogens is 354 g/mol. The summed E-state index contributed by atoms with van der Waals surface area (Å²) >= 11 is 0. The van der Waals surface area contributed by atoms with Crippen molar-refractivity contribution >= 4 is 22.9 Å². The van der Waals surface area contributed by atoms with E-state index in [1.54, 1.807) is 29.7 Å². The SMILES string of the molecule is C[C@@H]1c2nc(N)nc(-c3ccncc3)c2CN1C(=O)c1ccc2nc[nH]c2c1. The third-order valence-corrected chi connectivity index (χ3v) is 5.13. The lowest BCUT2D eigenvalue weighted by Crippen LogP contribution is -2.28. The van der Waals surface area contributed by atoms with Crippen molar-refractivity contribution in [2.24, 2.45) is 0 Å². The molecule has 138 valence electrons. The minimum Gasteiger partial charge on any atom is -0.368 e. The van der Waals surface area contributed by atoms with Crippen LogP contribution in [0.4, 0.5) is 5.95 Å². The van der Waals surface area contributed by atoms with Crippen LogP contribution in [0.1, 0.15) is 34.6 Å². The normalized spacial score (nSPS) is 15.8. The number of hydrogen-bond donors (Lipinski definition) is 2. The standard InChI is InChI=1S/C20H17N7O/c1-11-17-14(18(26-20(21)25-17)12-4-6-22-7-5-12)9-27(11)19(28)13-2-3-15-16(8-13)24-10-23-15/h2-8,10-11H,9H2,1H3,(H,23,24)(H2,21,25,26)/t11-/m1/s1. The zero-order valence-electron chi connectivity index (χ0n) is 15.1. The number of amides is 1. The fourth-order valence-corrected chi connectivity index (χ4v) is 3.71. The van der Waals surface area contributed by atoms with E-state index < -0.39 is 0 Å². The van der Waals surface area contributed by atoms with Crippen molar-refractivity contribution in [3.63, 3.8) is 0 Å². The number of nitrogens with two attached hydrogens (primary N) is 1. The molecule has 8 nitrogen and oxygen atoms in total. The Labute approximate surface area is 160 Å². The monoisotopic (exact) mass is 371 g/mol. The Morgan fingerprint density at radius 3 is 2.86 bits per heavy atom. The summed E-state index contributed by atoms with van der Waals surface area (Å²) in [4.78, 5) is 35.2. The zero-order chi connectivity index (χ0) is 19.3. The number of nitrogens with zero attached hydrogens (tertiary/aromatic N) is 5. The molecule has 4 aromatic rings. The van der Waals surface area contributed by atoms with E-state index in [-0.39, 0.29) is 17.9 Å². The highest BCUT2D eigenvalue weighted by atomic mass is 16.2. The number of carbonyl (C=O) groups is 1. The van der Waals surface area contributed by atoms with Gasteiger partial charge in [0.25, 0.3) is 5.91 Å². The van der Waals surface area contributed by atoms with Gasteiger partial charge in [-0.15, -0.1) is 0 Å². The molecule has 3 aromatic heterocycles. The summed E-state index contributed by atoms with van der Waals surface area (Å²) in [6, 6.07) is 9.01. The number of fused-ring (bicyclic) bond motifs is 2. The van der Waals surface area contributed by atoms with Gasteiger partial charge in [-0.1, -0.05) is 0 Å². The molecule has 1 aliphatic heterocycles. The molecule has 0 saturated heterocycles. The molecule has 0 bridgehead atoms. The molecule has 0 aliphatic carbocycles. The van der Waals surface area contributed by atoms with E-state index >= 15 is 0 Å². The van der Waals surface area contributed by atoms with Crippen LogP contribution in [0.25, 0.3) is 22.3 Å². The van der Waals surface area contributed by atoms with Crippen LogP contribution in [0.15, 0.2) is 49.1 Å². The minimum atomic E-state index is -0.203. The predicted molar refractivity (Wildman–Crippen MR) is 104 cm³/mol. The number of pyridine rings is 1. The Morgan fingerprint density at radius 1 is 1.21 bits per heavy atom. The fraction of sp³-hybridized carbons (Fsp3) is 0.150. The number of aromatic nitrogens is 5. The molecule has 0 unspecified atom stereocenters. The van der Waals surface area contributed by atoms with Crippen LogP contribution in [0.5, 0.6) is 0 Å². The molecule has 28 heavy (non-hydrogen) atoms. The first-order chi connectivity index (χ1) is 13.6. The van der Waals surface area contributed by atoms with Crippen LogP contribution in [0, 0.1) is 0 Å². The lowest BCUT2D eigenvalue weighted by atomic mass is 10.1.